The second-order valence-corrected chi connectivity index (χ2v) is 5.56. The van der Waals surface area contributed by atoms with Crippen molar-refractivity contribution in [3.63, 3.8) is 0 Å². The van der Waals surface area contributed by atoms with Gasteiger partial charge >= 0.3 is 0 Å². The summed E-state index contributed by atoms with van der Waals surface area (Å²) in [6.07, 6.45) is 7.17. The zero-order chi connectivity index (χ0) is 13.2. The monoisotopic (exact) mass is 259 g/mol. The highest BCUT2D eigenvalue weighted by Crippen LogP contribution is 2.29. The lowest BCUT2D eigenvalue weighted by Gasteiger charge is -2.37. The summed E-state index contributed by atoms with van der Waals surface area (Å²) in [5.41, 5.74) is 2.01. The molecular weight excluding hydrogens is 238 g/mol. The van der Waals surface area contributed by atoms with Crippen LogP contribution in [0.1, 0.15) is 48.0 Å². The molecular formula is C16H21NO2. The van der Waals surface area contributed by atoms with E-state index >= 15 is 0 Å². The Morgan fingerprint density at radius 2 is 2.00 bits per heavy atom. The molecule has 1 fully saturated rings. The zero-order valence-corrected chi connectivity index (χ0v) is 11.5. The van der Waals surface area contributed by atoms with Gasteiger partial charge in [0.1, 0.15) is 5.75 Å². The maximum atomic E-state index is 12.6. The molecule has 0 spiro atoms. The number of hydrogen-bond donors (Lipinski definition) is 0. The average Bonchev–Trinajstić information content (AvgIpc) is 2.48. The van der Waals surface area contributed by atoms with Gasteiger partial charge in [0.2, 0.25) is 0 Å². The lowest BCUT2D eigenvalue weighted by atomic mass is 9.90. The predicted molar refractivity (Wildman–Crippen MR) is 74.6 cm³/mol. The lowest BCUT2D eigenvalue weighted by Crippen LogP contribution is -2.45. The second-order valence-electron chi connectivity index (χ2n) is 5.56. The van der Waals surface area contributed by atoms with E-state index in [1.807, 2.05) is 18.2 Å². The van der Waals surface area contributed by atoms with Crippen LogP contribution >= 0.6 is 0 Å². The van der Waals surface area contributed by atoms with Crippen molar-refractivity contribution in [2.45, 2.75) is 44.6 Å². The first-order valence-electron chi connectivity index (χ1n) is 7.27. The van der Waals surface area contributed by atoms with Gasteiger partial charge < -0.3 is 9.64 Å². The molecule has 2 aliphatic rings. The number of benzene rings is 1. The molecule has 1 heterocycles. The molecule has 0 aromatic heterocycles. The Balaban J connectivity index is 1.83. The van der Waals surface area contributed by atoms with Gasteiger partial charge in [-0.25, -0.2) is 0 Å². The van der Waals surface area contributed by atoms with Crippen LogP contribution < -0.4 is 4.74 Å². The Labute approximate surface area is 114 Å². The van der Waals surface area contributed by atoms with Gasteiger partial charge in [0.25, 0.3) is 5.91 Å². The number of ether oxygens (including phenoxy) is 1. The number of methoxy groups -OCH3 is 1. The summed E-state index contributed by atoms with van der Waals surface area (Å²) < 4.78 is 5.23. The second kappa shape index (κ2) is 5.24. The molecule has 0 bridgehead atoms. The molecule has 1 saturated carbocycles. The van der Waals surface area contributed by atoms with E-state index in [1.165, 1.54) is 32.1 Å². The van der Waals surface area contributed by atoms with Crippen LogP contribution in [0.3, 0.4) is 0 Å². The van der Waals surface area contributed by atoms with Gasteiger partial charge in [0.15, 0.2) is 0 Å². The van der Waals surface area contributed by atoms with Gasteiger partial charge in [0, 0.05) is 18.2 Å². The number of rotatable bonds is 2. The molecule has 1 aliphatic carbocycles. The van der Waals surface area contributed by atoms with E-state index in [-0.39, 0.29) is 5.91 Å². The highest BCUT2D eigenvalue weighted by atomic mass is 16.5. The standard InChI is InChI=1S/C16H21NO2/c1-19-14-7-8-15-12(11-14)9-10-17(16(15)18)13-5-3-2-4-6-13/h7-8,11,13H,2-6,9-10H2,1H3. The van der Waals surface area contributed by atoms with Crippen LogP contribution in [0.4, 0.5) is 0 Å². The third-order valence-corrected chi connectivity index (χ3v) is 4.44. The van der Waals surface area contributed by atoms with E-state index in [9.17, 15) is 4.79 Å². The van der Waals surface area contributed by atoms with Gasteiger partial charge in [0.05, 0.1) is 7.11 Å². The molecule has 1 amide bonds. The van der Waals surface area contributed by atoms with E-state index in [0.717, 1.165) is 29.8 Å². The topological polar surface area (TPSA) is 29.5 Å². The van der Waals surface area contributed by atoms with Gasteiger partial charge in [-0.15, -0.1) is 0 Å². The van der Waals surface area contributed by atoms with Crippen LogP contribution in [0.2, 0.25) is 0 Å². The van der Waals surface area contributed by atoms with Gasteiger partial charge in [-0.1, -0.05) is 19.3 Å². The fourth-order valence-corrected chi connectivity index (χ4v) is 3.35. The van der Waals surface area contributed by atoms with Crippen molar-refractivity contribution in [3.05, 3.63) is 29.3 Å². The molecule has 19 heavy (non-hydrogen) atoms. The highest BCUT2D eigenvalue weighted by molar-refractivity contribution is 5.97. The minimum Gasteiger partial charge on any atom is -0.497 e. The Hall–Kier alpha value is -1.51. The number of fused-ring (bicyclic) bond motifs is 1. The summed E-state index contributed by atoms with van der Waals surface area (Å²) >= 11 is 0. The predicted octanol–water partition coefficient (Wildman–Crippen LogP) is 3.03. The van der Waals surface area contributed by atoms with Crippen molar-refractivity contribution in [3.8, 4) is 5.75 Å². The molecule has 0 unspecified atom stereocenters. The Morgan fingerprint density at radius 3 is 2.74 bits per heavy atom. The molecule has 1 aliphatic heterocycles. The maximum absolute atomic E-state index is 12.6. The minimum atomic E-state index is 0.218. The van der Waals surface area contributed by atoms with Crippen molar-refractivity contribution in [2.75, 3.05) is 13.7 Å². The number of carbonyl (C=O) groups excluding carboxylic acids is 1. The Kier molecular flexibility index (Phi) is 3.45. The summed E-state index contributed by atoms with van der Waals surface area (Å²) in [6.45, 7) is 0.865. The summed E-state index contributed by atoms with van der Waals surface area (Å²) in [5, 5.41) is 0. The van der Waals surface area contributed by atoms with E-state index in [0.29, 0.717) is 6.04 Å². The van der Waals surface area contributed by atoms with Crippen LogP contribution in [0.15, 0.2) is 18.2 Å². The molecule has 3 nitrogen and oxygen atoms in total. The van der Waals surface area contributed by atoms with Crippen molar-refractivity contribution < 1.29 is 9.53 Å². The Morgan fingerprint density at radius 1 is 1.21 bits per heavy atom. The number of carbonyl (C=O) groups is 1. The highest BCUT2D eigenvalue weighted by Gasteiger charge is 2.30. The molecule has 1 aromatic rings. The largest absolute Gasteiger partial charge is 0.497 e. The van der Waals surface area contributed by atoms with Crippen LogP contribution in [-0.2, 0) is 6.42 Å². The third-order valence-electron chi connectivity index (χ3n) is 4.44. The Bertz CT molecular complexity index is 478. The lowest BCUT2D eigenvalue weighted by molar-refractivity contribution is 0.0615. The average molecular weight is 259 g/mol. The van der Waals surface area contributed by atoms with Crippen molar-refractivity contribution in [2.24, 2.45) is 0 Å². The summed E-state index contributed by atoms with van der Waals surface area (Å²) in [5.74, 6) is 1.06. The van der Waals surface area contributed by atoms with Crippen molar-refractivity contribution in [1.29, 1.82) is 0 Å². The van der Waals surface area contributed by atoms with Crippen LogP contribution in [0, 0.1) is 0 Å². The number of amides is 1. The van der Waals surface area contributed by atoms with E-state index < -0.39 is 0 Å². The van der Waals surface area contributed by atoms with Crippen molar-refractivity contribution >= 4 is 5.91 Å². The number of hydrogen-bond acceptors (Lipinski definition) is 2. The van der Waals surface area contributed by atoms with Gasteiger partial charge in [-0.3, -0.25) is 4.79 Å². The van der Waals surface area contributed by atoms with E-state index in [2.05, 4.69) is 4.90 Å². The molecule has 1 aromatic carbocycles. The van der Waals surface area contributed by atoms with Crippen LogP contribution in [0.5, 0.6) is 5.75 Å². The first-order chi connectivity index (χ1) is 9.29. The van der Waals surface area contributed by atoms with E-state index in [1.54, 1.807) is 7.11 Å². The zero-order valence-electron chi connectivity index (χ0n) is 11.5. The normalized spacial score (nSPS) is 20.3. The molecule has 0 N–H and O–H groups in total. The summed E-state index contributed by atoms with van der Waals surface area (Å²) in [4.78, 5) is 14.7. The molecule has 0 radical (unpaired) electrons. The SMILES string of the molecule is COc1ccc2c(c1)CCN(C1CCCCC1)C2=O. The fourth-order valence-electron chi connectivity index (χ4n) is 3.35. The quantitative estimate of drug-likeness (QED) is 0.817. The smallest absolute Gasteiger partial charge is 0.254 e. The molecule has 0 atom stereocenters. The maximum Gasteiger partial charge on any atom is 0.254 e. The van der Waals surface area contributed by atoms with E-state index in [4.69, 9.17) is 4.74 Å². The van der Waals surface area contributed by atoms with Crippen molar-refractivity contribution in [1.82, 2.24) is 4.90 Å². The number of nitrogens with zero attached hydrogens (tertiary/aromatic N) is 1. The fraction of sp³-hybridized carbons (Fsp3) is 0.562. The summed E-state index contributed by atoms with van der Waals surface area (Å²) in [6, 6.07) is 6.29. The van der Waals surface area contributed by atoms with Crippen LogP contribution in [0.25, 0.3) is 0 Å². The minimum absolute atomic E-state index is 0.218. The van der Waals surface area contributed by atoms with Gasteiger partial charge in [-0.05, 0) is 43.0 Å². The summed E-state index contributed by atoms with van der Waals surface area (Å²) in [7, 11) is 1.67. The first-order valence-corrected chi connectivity index (χ1v) is 7.27. The molecule has 3 rings (SSSR count). The van der Waals surface area contributed by atoms with Gasteiger partial charge in [-0.2, -0.15) is 0 Å². The molecule has 0 saturated heterocycles. The molecule has 102 valence electrons. The first kappa shape index (κ1) is 12.5. The molecule has 3 heteroatoms. The van der Waals surface area contributed by atoms with Crippen LogP contribution in [-0.4, -0.2) is 30.5 Å². The third kappa shape index (κ3) is 2.34.